The lowest BCUT2D eigenvalue weighted by Crippen LogP contribution is -2.23. The second-order valence-electron chi connectivity index (χ2n) is 5.43. The maximum atomic E-state index is 9.58. The highest BCUT2D eigenvalue weighted by Gasteiger charge is 2.24. The van der Waals surface area contributed by atoms with E-state index in [1.807, 2.05) is 6.92 Å². The SMILES string of the molecule is Cc1ccc(O)c(O)c1.OC1=CC(O)=C2CC(O)COC2=CC1. The number of aliphatic hydroxyl groups is 3. The monoisotopic (exact) mass is 320 g/mol. The quantitative estimate of drug-likeness (QED) is 0.470. The molecule has 1 aliphatic carbocycles. The van der Waals surface area contributed by atoms with E-state index in [4.69, 9.17) is 14.9 Å². The Kier molecular flexibility index (Phi) is 5.18. The fraction of sp³-hybridized carbons (Fsp3) is 0.294. The Balaban J connectivity index is 0.000000185. The van der Waals surface area contributed by atoms with Crippen LogP contribution in [0.3, 0.4) is 0 Å². The van der Waals surface area contributed by atoms with Crippen molar-refractivity contribution < 1.29 is 30.3 Å². The first-order chi connectivity index (χ1) is 10.9. The zero-order chi connectivity index (χ0) is 17.0. The molecule has 1 saturated heterocycles. The molecule has 0 spiro atoms. The summed E-state index contributed by atoms with van der Waals surface area (Å²) in [5.74, 6) is 0.503. The summed E-state index contributed by atoms with van der Waals surface area (Å²) in [6, 6.07) is 4.70. The van der Waals surface area contributed by atoms with Gasteiger partial charge in [0, 0.05) is 24.5 Å². The first-order valence-electron chi connectivity index (χ1n) is 7.18. The molecule has 0 bridgehead atoms. The van der Waals surface area contributed by atoms with Gasteiger partial charge in [-0.25, -0.2) is 0 Å². The highest BCUT2D eigenvalue weighted by molar-refractivity contribution is 5.40. The predicted molar refractivity (Wildman–Crippen MR) is 84.2 cm³/mol. The average Bonchev–Trinajstić information content (AvgIpc) is 2.63. The summed E-state index contributed by atoms with van der Waals surface area (Å²) >= 11 is 0. The lowest BCUT2D eigenvalue weighted by molar-refractivity contribution is 0.0511. The van der Waals surface area contributed by atoms with E-state index in [0.717, 1.165) is 5.56 Å². The zero-order valence-electron chi connectivity index (χ0n) is 12.7. The molecule has 1 aliphatic heterocycles. The topological polar surface area (TPSA) is 110 Å². The number of fused-ring (bicyclic) bond motifs is 1. The third-order valence-corrected chi connectivity index (χ3v) is 3.41. The minimum absolute atomic E-state index is 0.0231. The molecule has 1 aromatic carbocycles. The Labute approximate surface area is 133 Å². The van der Waals surface area contributed by atoms with Gasteiger partial charge in [0.15, 0.2) is 11.5 Å². The third-order valence-electron chi connectivity index (χ3n) is 3.41. The fourth-order valence-corrected chi connectivity index (χ4v) is 2.22. The van der Waals surface area contributed by atoms with Crippen LogP contribution in [0.1, 0.15) is 18.4 Å². The molecule has 1 atom stereocenters. The van der Waals surface area contributed by atoms with E-state index < -0.39 is 6.10 Å². The Bertz CT molecular complexity index is 672. The molecule has 0 radical (unpaired) electrons. The van der Waals surface area contributed by atoms with E-state index in [9.17, 15) is 15.3 Å². The van der Waals surface area contributed by atoms with Crippen LogP contribution in [0.25, 0.3) is 0 Å². The van der Waals surface area contributed by atoms with Crippen molar-refractivity contribution in [3.63, 3.8) is 0 Å². The Morgan fingerprint density at radius 3 is 2.48 bits per heavy atom. The minimum atomic E-state index is -0.585. The summed E-state index contributed by atoms with van der Waals surface area (Å²) in [6.45, 7) is 2.09. The van der Waals surface area contributed by atoms with E-state index in [0.29, 0.717) is 24.2 Å². The molecule has 1 heterocycles. The van der Waals surface area contributed by atoms with Crippen molar-refractivity contribution in [2.75, 3.05) is 6.61 Å². The number of phenolic OH excluding ortho intramolecular Hbond substituents is 2. The van der Waals surface area contributed by atoms with Crippen molar-refractivity contribution in [1.29, 1.82) is 0 Å². The molecule has 6 heteroatoms. The van der Waals surface area contributed by atoms with Crippen LogP contribution >= 0.6 is 0 Å². The zero-order valence-corrected chi connectivity index (χ0v) is 12.7. The minimum Gasteiger partial charge on any atom is -0.512 e. The lowest BCUT2D eigenvalue weighted by atomic mass is 10.0. The largest absolute Gasteiger partial charge is 0.512 e. The molecule has 6 nitrogen and oxygen atoms in total. The fourth-order valence-electron chi connectivity index (χ4n) is 2.22. The van der Waals surface area contributed by atoms with Crippen molar-refractivity contribution >= 4 is 0 Å². The molecule has 3 rings (SSSR count). The van der Waals surface area contributed by atoms with Crippen LogP contribution in [-0.2, 0) is 4.74 Å². The third kappa shape index (κ3) is 4.43. The van der Waals surface area contributed by atoms with Gasteiger partial charge in [-0.1, -0.05) is 6.07 Å². The van der Waals surface area contributed by atoms with Gasteiger partial charge >= 0.3 is 0 Å². The number of phenols is 2. The summed E-state index contributed by atoms with van der Waals surface area (Å²) in [6.07, 6.45) is 3.12. The van der Waals surface area contributed by atoms with Crippen LogP contribution in [0.4, 0.5) is 0 Å². The molecule has 0 amide bonds. The first-order valence-corrected chi connectivity index (χ1v) is 7.18. The van der Waals surface area contributed by atoms with Crippen molar-refractivity contribution in [3.05, 3.63) is 58.8 Å². The molecule has 2 aliphatic rings. The molecule has 23 heavy (non-hydrogen) atoms. The van der Waals surface area contributed by atoms with Gasteiger partial charge in [0.25, 0.3) is 0 Å². The normalized spacial score (nSPS) is 20.2. The van der Waals surface area contributed by atoms with E-state index in [2.05, 4.69) is 0 Å². The van der Waals surface area contributed by atoms with E-state index in [-0.39, 0.29) is 29.6 Å². The molecule has 5 N–H and O–H groups in total. The standard InChI is InChI=1S/C10H12O4.C7H8O2/c11-6-1-2-10-8(9(13)4-6)3-7(12)5-14-10;1-5-2-3-6(8)7(9)4-5/h2,4,7,11-13H,1,3,5H2;2-4,8-9H,1H3. The molecular weight excluding hydrogens is 300 g/mol. The average molecular weight is 320 g/mol. The van der Waals surface area contributed by atoms with Gasteiger partial charge in [-0.15, -0.1) is 0 Å². The number of ether oxygens (including phenoxy) is 1. The van der Waals surface area contributed by atoms with Gasteiger partial charge < -0.3 is 30.3 Å². The van der Waals surface area contributed by atoms with Crippen molar-refractivity contribution in [1.82, 2.24) is 0 Å². The van der Waals surface area contributed by atoms with Crippen molar-refractivity contribution in [3.8, 4) is 11.5 Å². The second-order valence-corrected chi connectivity index (χ2v) is 5.43. The molecule has 1 fully saturated rings. The molecule has 1 unspecified atom stereocenters. The molecule has 0 saturated carbocycles. The molecule has 0 aromatic heterocycles. The maximum Gasteiger partial charge on any atom is 0.157 e. The van der Waals surface area contributed by atoms with E-state index in [1.165, 1.54) is 18.2 Å². The maximum absolute atomic E-state index is 9.58. The van der Waals surface area contributed by atoms with Gasteiger partial charge in [-0.05, 0) is 30.7 Å². The Hall–Kier alpha value is -2.60. The van der Waals surface area contributed by atoms with Crippen LogP contribution < -0.4 is 0 Å². The number of hydrogen-bond donors (Lipinski definition) is 5. The number of allylic oxidation sites excluding steroid dienone is 3. The summed E-state index contributed by atoms with van der Waals surface area (Å²) in [5.41, 5.74) is 1.50. The van der Waals surface area contributed by atoms with Crippen molar-refractivity contribution in [2.24, 2.45) is 0 Å². The van der Waals surface area contributed by atoms with Crippen molar-refractivity contribution in [2.45, 2.75) is 25.9 Å². The highest BCUT2D eigenvalue weighted by Crippen LogP contribution is 2.29. The number of aromatic hydroxyl groups is 2. The van der Waals surface area contributed by atoms with Gasteiger partial charge in [-0.3, -0.25) is 0 Å². The summed E-state index contributed by atoms with van der Waals surface area (Å²) in [5, 5.41) is 45.8. The van der Waals surface area contributed by atoms with E-state index in [1.54, 1.807) is 12.1 Å². The summed E-state index contributed by atoms with van der Waals surface area (Å²) in [7, 11) is 0. The molecule has 1 aromatic rings. The second kappa shape index (κ2) is 7.11. The Morgan fingerprint density at radius 2 is 1.83 bits per heavy atom. The molecular formula is C17H20O6. The lowest BCUT2D eigenvalue weighted by Gasteiger charge is -2.23. The number of rotatable bonds is 0. The number of aliphatic hydroxyl groups excluding tert-OH is 3. The van der Waals surface area contributed by atoms with Crippen LogP contribution in [0.5, 0.6) is 11.5 Å². The van der Waals surface area contributed by atoms with Gasteiger partial charge in [0.05, 0.1) is 11.9 Å². The summed E-state index contributed by atoms with van der Waals surface area (Å²) in [4.78, 5) is 0. The number of hydrogen-bond acceptors (Lipinski definition) is 6. The number of benzene rings is 1. The van der Waals surface area contributed by atoms with Gasteiger partial charge in [-0.2, -0.15) is 0 Å². The van der Waals surface area contributed by atoms with Crippen LogP contribution in [0, 0.1) is 6.92 Å². The van der Waals surface area contributed by atoms with Gasteiger partial charge in [0.1, 0.15) is 18.1 Å². The van der Waals surface area contributed by atoms with Gasteiger partial charge in [0.2, 0.25) is 0 Å². The summed E-state index contributed by atoms with van der Waals surface area (Å²) < 4.78 is 5.24. The Morgan fingerprint density at radius 1 is 1.09 bits per heavy atom. The first kappa shape index (κ1) is 16.8. The highest BCUT2D eigenvalue weighted by atomic mass is 16.5. The number of aryl methyl sites for hydroxylation is 1. The molecule has 124 valence electrons. The van der Waals surface area contributed by atoms with Crippen LogP contribution in [0.2, 0.25) is 0 Å². The van der Waals surface area contributed by atoms with E-state index >= 15 is 0 Å². The van der Waals surface area contributed by atoms with Crippen LogP contribution in [-0.4, -0.2) is 38.2 Å². The van der Waals surface area contributed by atoms with Crippen LogP contribution in [0.15, 0.2) is 53.2 Å². The smallest absolute Gasteiger partial charge is 0.157 e. The predicted octanol–water partition coefficient (Wildman–Crippen LogP) is 2.72.